The zero-order valence-electron chi connectivity index (χ0n) is 10.3. The van der Waals surface area contributed by atoms with E-state index >= 15 is 0 Å². The minimum atomic E-state index is 0.392. The van der Waals surface area contributed by atoms with Crippen LogP contribution in [0.2, 0.25) is 10.0 Å². The highest BCUT2D eigenvalue weighted by Crippen LogP contribution is 2.27. The molecule has 0 bridgehead atoms. The van der Waals surface area contributed by atoms with Gasteiger partial charge < -0.3 is 15.2 Å². The quantitative estimate of drug-likeness (QED) is 0.862. The van der Waals surface area contributed by atoms with Crippen LogP contribution >= 0.6 is 23.2 Å². The SMILES string of the molecule is COc1ccc(OCc2ccc(Cl)c(Cl)c2)cc1N. The van der Waals surface area contributed by atoms with Crippen LogP contribution in [0, 0.1) is 0 Å². The lowest BCUT2D eigenvalue weighted by atomic mass is 10.2. The Morgan fingerprint density at radius 2 is 1.84 bits per heavy atom. The summed E-state index contributed by atoms with van der Waals surface area (Å²) in [5.74, 6) is 1.30. The van der Waals surface area contributed by atoms with E-state index in [4.69, 9.17) is 38.4 Å². The largest absolute Gasteiger partial charge is 0.495 e. The Morgan fingerprint density at radius 3 is 2.47 bits per heavy atom. The Hall–Kier alpha value is -1.58. The molecule has 0 unspecified atom stereocenters. The predicted octanol–water partition coefficient (Wildman–Crippen LogP) is 4.16. The average molecular weight is 298 g/mol. The van der Waals surface area contributed by atoms with Gasteiger partial charge in [-0.2, -0.15) is 0 Å². The van der Waals surface area contributed by atoms with E-state index in [0.717, 1.165) is 5.56 Å². The van der Waals surface area contributed by atoms with Gasteiger partial charge in [0.25, 0.3) is 0 Å². The highest BCUT2D eigenvalue weighted by Gasteiger charge is 2.03. The maximum absolute atomic E-state index is 5.94. The molecular formula is C14H13Cl2NO2. The van der Waals surface area contributed by atoms with Crippen molar-refractivity contribution in [1.29, 1.82) is 0 Å². The molecule has 2 aromatic rings. The number of anilines is 1. The normalized spacial score (nSPS) is 10.3. The molecule has 2 N–H and O–H groups in total. The van der Waals surface area contributed by atoms with Crippen LogP contribution in [0.4, 0.5) is 5.69 Å². The minimum Gasteiger partial charge on any atom is -0.495 e. The Bertz CT molecular complexity index is 588. The van der Waals surface area contributed by atoms with Crippen LogP contribution in [0.5, 0.6) is 11.5 Å². The Balaban J connectivity index is 2.05. The number of halogens is 2. The van der Waals surface area contributed by atoms with Crippen molar-refractivity contribution in [2.24, 2.45) is 0 Å². The van der Waals surface area contributed by atoms with E-state index in [9.17, 15) is 0 Å². The van der Waals surface area contributed by atoms with Crippen LogP contribution < -0.4 is 15.2 Å². The lowest BCUT2D eigenvalue weighted by Gasteiger charge is -2.09. The van der Waals surface area contributed by atoms with Gasteiger partial charge >= 0.3 is 0 Å². The van der Waals surface area contributed by atoms with Crippen LogP contribution in [0.15, 0.2) is 36.4 Å². The van der Waals surface area contributed by atoms with Gasteiger partial charge in [-0.15, -0.1) is 0 Å². The van der Waals surface area contributed by atoms with Gasteiger partial charge in [0.15, 0.2) is 0 Å². The number of nitrogens with two attached hydrogens (primary N) is 1. The van der Waals surface area contributed by atoms with Crippen molar-refractivity contribution >= 4 is 28.9 Å². The minimum absolute atomic E-state index is 0.392. The summed E-state index contributed by atoms with van der Waals surface area (Å²) in [6, 6.07) is 10.7. The maximum atomic E-state index is 5.94. The van der Waals surface area contributed by atoms with Crippen LogP contribution in [0.25, 0.3) is 0 Å². The predicted molar refractivity (Wildman–Crippen MR) is 78.2 cm³/mol. The fourth-order valence-electron chi connectivity index (χ4n) is 1.60. The van der Waals surface area contributed by atoms with Gasteiger partial charge in [0.05, 0.1) is 22.8 Å². The van der Waals surface area contributed by atoms with Crippen molar-refractivity contribution in [2.45, 2.75) is 6.61 Å². The third-order valence-electron chi connectivity index (χ3n) is 2.59. The summed E-state index contributed by atoms with van der Waals surface area (Å²) in [5, 5.41) is 1.04. The average Bonchev–Trinajstić information content (AvgIpc) is 2.40. The second-order valence-electron chi connectivity index (χ2n) is 3.94. The van der Waals surface area contributed by atoms with Crippen LogP contribution in [0.3, 0.4) is 0 Å². The molecule has 2 aromatic carbocycles. The van der Waals surface area contributed by atoms with Crippen LogP contribution in [0.1, 0.15) is 5.56 Å². The summed E-state index contributed by atoms with van der Waals surface area (Å²) in [5.41, 5.74) is 7.27. The fourth-order valence-corrected chi connectivity index (χ4v) is 1.92. The second-order valence-corrected chi connectivity index (χ2v) is 4.76. The van der Waals surface area contributed by atoms with Gasteiger partial charge in [-0.25, -0.2) is 0 Å². The zero-order valence-corrected chi connectivity index (χ0v) is 11.8. The first-order valence-corrected chi connectivity index (χ1v) is 6.36. The Morgan fingerprint density at radius 1 is 1.05 bits per heavy atom. The van der Waals surface area contributed by atoms with Crippen molar-refractivity contribution in [1.82, 2.24) is 0 Å². The van der Waals surface area contributed by atoms with Crippen molar-refractivity contribution < 1.29 is 9.47 Å². The van der Waals surface area contributed by atoms with Gasteiger partial charge in [-0.1, -0.05) is 29.3 Å². The molecule has 0 aromatic heterocycles. The molecule has 0 radical (unpaired) electrons. The summed E-state index contributed by atoms with van der Waals surface area (Å²) >= 11 is 11.8. The molecular weight excluding hydrogens is 285 g/mol. The van der Waals surface area contributed by atoms with Gasteiger partial charge in [0.1, 0.15) is 18.1 Å². The van der Waals surface area contributed by atoms with Gasteiger partial charge in [0, 0.05) is 6.07 Å². The second kappa shape index (κ2) is 6.04. The van der Waals surface area contributed by atoms with Gasteiger partial charge in [-0.05, 0) is 29.8 Å². The molecule has 2 rings (SSSR count). The summed E-state index contributed by atoms with van der Waals surface area (Å²) in [6.07, 6.45) is 0. The highest BCUT2D eigenvalue weighted by atomic mass is 35.5. The smallest absolute Gasteiger partial charge is 0.142 e. The summed E-state index contributed by atoms with van der Waals surface area (Å²) in [6.45, 7) is 0.392. The maximum Gasteiger partial charge on any atom is 0.142 e. The summed E-state index contributed by atoms with van der Waals surface area (Å²) in [4.78, 5) is 0. The molecule has 0 aliphatic rings. The molecule has 0 fully saturated rings. The van der Waals surface area contributed by atoms with E-state index < -0.39 is 0 Å². The summed E-state index contributed by atoms with van der Waals surface area (Å²) in [7, 11) is 1.57. The number of nitrogen functional groups attached to an aromatic ring is 1. The third kappa shape index (κ3) is 3.46. The lowest BCUT2D eigenvalue weighted by Crippen LogP contribution is -1.97. The topological polar surface area (TPSA) is 44.5 Å². The summed E-state index contributed by atoms with van der Waals surface area (Å²) < 4.78 is 10.7. The molecule has 100 valence electrons. The Kier molecular flexibility index (Phi) is 4.40. The Labute approximate surface area is 121 Å². The number of ether oxygens (including phenoxy) is 2. The molecule has 0 saturated heterocycles. The molecule has 5 heteroatoms. The molecule has 0 saturated carbocycles. The molecule has 0 aliphatic carbocycles. The molecule has 3 nitrogen and oxygen atoms in total. The molecule has 0 atom stereocenters. The van der Waals surface area contributed by atoms with Crippen LogP contribution in [-0.4, -0.2) is 7.11 Å². The fraction of sp³-hybridized carbons (Fsp3) is 0.143. The first kappa shape index (κ1) is 13.8. The van der Waals surface area contributed by atoms with E-state index in [0.29, 0.717) is 33.8 Å². The first-order chi connectivity index (χ1) is 9.10. The third-order valence-corrected chi connectivity index (χ3v) is 3.33. The van der Waals surface area contributed by atoms with E-state index in [2.05, 4.69) is 0 Å². The zero-order chi connectivity index (χ0) is 13.8. The van der Waals surface area contributed by atoms with Gasteiger partial charge in [-0.3, -0.25) is 0 Å². The number of rotatable bonds is 4. The van der Waals surface area contributed by atoms with E-state index in [-0.39, 0.29) is 0 Å². The molecule has 0 amide bonds. The van der Waals surface area contributed by atoms with Gasteiger partial charge in [0.2, 0.25) is 0 Å². The lowest BCUT2D eigenvalue weighted by molar-refractivity contribution is 0.306. The number of methoxy groups -OCH3 is 1. The highest BCUT2D eigenvalue weighted by molar-refractivity contribution is 6.42. The number of hydrogen-bond donors (Lipinski definition) is 1. The molecule has 19 heavy (non-hydrogen) atoms. The van der Waals surface area contributed by atoms with E-state index in [1.165, 1.54) is 0 Å². The number of benzene rings is 2. The van der Waals surface area contributed by atoms with Crippen molar-refractivity contribution in [3.05, 3.63) is 52.0 Å². The van der Waals surface area contributed by atoms with Crippen LogP contribution in [-0.2, 0) is 6.61 Å². The monoisotopic (exact) mass is 297 g/mol. The number of hydrogen-bond acceptors (Lipinski definition) is 3. The van der Waals surface area contributed by atoms with E-state index in [1.807, 2.05) is 6.07 Å². The first-order valence-electron chi connectivity index (χ1n) is 5.60. The molecule has 0 spiro atoms. The van der Waals surface area contributed by atoms with E-state index in [1.54, 1.807) is 37.4 Å². The van der Waals surface area contributed by atoms with Crippen molar-refractivity contribution in [2.75, 3.05) is 12.8 Å². The molecule has 0 heterocycles. The molecule has 0 aliphatic heterocycles. The van der Waals surface area contributed by atoms with Crippen molar-refractivity contribution in [3.63, 3.8) is 0 Å². The van der Waals surface area contributed by atoms with Crippen molar-refractivity contribution in [3.8, 4) is 11.5 Å². The standard InChI is InChI=1S/C14H13Cl2NO2/c1-18-14-5-3-10(7-13(14)17)19-8-9-2-4-11(15)12(16)6-9/h2-7H,8,17H2,1H3.